The van der Waals surface area contributed by atoms with Crippen LogP contribution in [0.2, 0.25) is 0 Å². The molecule has 2 nitrogen and oxygen atoms in total. The number of ketones is 1. The van der Waals surface area contributed by atoms with Gasteiger partial charge >= 0.3 is 0 Å². The fraction of sp³-hybridized carbons (Fsp3) is 0.533. The van der Waals surface area contributed by atoms with Crippen molar-refractivity contribution in [2.45, 2.75) is 39.0 Å². The smallest absolute Gasteiger partial charge is 0.166 e. The molecule has 3 heteroatoms. The monoisotopic (exact) mass is 309 g/mol. The molecule has 0 saturated heterocycles. The van der Waals surface area contributed by atoms with Crippen LogP contribution < -0.4 is 5.73 Å². The van der Waals surface area contributed by atoms with Crippen molar-refractivity contribution >= 4 is 27.4 Å². The molecule has 1 aromatic carbocycles. The van der Waals surface area contributed by atoms with Crippen molar-refractivity contribution in [3.8, 4) is 0 Å². The first kappa shape index (κ1) is 13.6. The van der Waals surface area contributed by atoms with E-state index in [1.54, 1.807) is 6.07 Å². The molecule has 1 saturated carbocycles. The predicted molar refractivity (Wildman–Crippen MR) is 78.6 cm³/mol. The first-order valence-corrected chi connectivity index (χ1v) is 7.52. The average Bonchev–Trinajstić information content (AvgIpc) is 2.41. The maximum atomic E-state index is 12.6. The number of halogens is 1. The van der Waals surface area contributed by atoms with Gasteiger partial charge in [0.1, 0.15) is 0 Å². The van der Waals surface area contributed by atoms with Crippen molar-refractivity contribution in [1.82, 2.24) is 0 Å². The minimum Gasteiger partial charge on any atom is -0.398 e. The summed E-state index contributed by atoms with van der Waals surface area (Å²) < 4.78 is 0.817. The van der Waals surface area contributed by atoms with Crippen LogP contribution in [0.15, 0.2) is 22.7 Å². The van der Waals surface area contributed by atoms with Crippen LogP contribution in [-0.2, 0) is 0 Å². The van der Waals surface area contributed by atoms with Crippen molar-refractivity contribution in [1.29, 1.82) is 0 Å². The molecule has 0 bridgehead atoms. The Morgan fingerprint density at radius 3 is 2.78 bits per heavy atom. The Balaban J connectivity index is 2.21. The molecule has 2 atom stereocenters. The first-order valence-electron chi connectivity index (χ1n) is 6.72. The summed E-state index contributed by atoms with van der Waals surface area (Å²) >= 11 is 3.39. The lowest BCUT2D eigenvalue weighted by molar-refractivity contribution is 0.0820. The second-order valence-electron chi connectivity index (χ2n) is 5.16. The zero-order chi connectivity index (χ0) is 13.1. The Kier molecular flexibility index (Phi) is 4.44. The van der Waals surface area contributed by atoms with E-state index in [-0.39, 0.29) is 5.92 Å². The van der Waals surface area contributed by atoms with Gasteiger partial charge in [-0.05, 0) is 52.9 Å². The van der Waals surface area contributed by atoms with Gasteiger partial charge in [-0.15, -0.1) is 0 Å². The molecule has 2 unspecified atom stereocenters. The van der Waals surface area contributed by atoms with E-state index in [2.05, 4.69) is 22.9 Å². The molecule has 1 aromatic rings. The number of anilines is 1. The van der Waals surface area contributed by atoms with E-state index in [0.29, 0.717) is 17.4 Å². The zero-order valence-electron chi connectivity index (χ0n) is 10.8. The molecule has 2 N–H and O–H groups in total. The van der Waals surface area contributed by atoms with Gasteiger partial charge in [-0.3, -0.25) is 4.79 Å². The Hall–Kier alpha value is -0.830. The number of benzene rings is 1. The van der Waals surface area contributed by atoms with E-state index in [1.165, 1.54) is 19.3 Å². The Bertz CT molecular complexity index is 444. The third kappa shape index (κ3) is 2.77. The highest BCUT2D eigenvalue weighted by Crippen LogP contribution is 2.35. The highest BCUT2D eigenvalue weighted by Gasteiger charge is 2.30. The van der Waals surface area contributed by atoms with Crippen LogP contribution in [0.1, 0.15) is 49.4 Å². The number of carbonyl (C=O) groups is 1. The fourth-order valence-corrected chi connectivity index (χ4v) is 3.31. The first-order chi connectivity index (χ1) is 8.63. The lowest BCUT2D eigenvalue weighted by Crippen LogP contribution is -2.27. The van der Waals surface area contributed by atoms with Gasteiger partial charge in [0.25, 0.3) is 0 Å². The van der Waals surface area contributed by atoms with Crippen molar-refractivity contribution in [2.75, 3.05) is 5.73 Å². The lowest BCUT2D eigenvalue weighted by atomic mass is 9.74. The molecule has 0 spiro atoms. The topological polar surface area (TPSA) is 43.1 Å². The normalized spacial score (nSPS) is 23.9. The highest BCUT2D eigenvalue weighted by atomic mass is 79.9. The minimum absolute atomic E-state index is 0.208. The lowest BCUT2D eigenvalue weighted by Gasteiger charge is -2.29. The number of nitrogen functional groups attached to an aromatic ring is 1. The van der Waals surface area contributed by atoms with Gasteiger partial charge in [0.2, 0.25) is 0 Å². The molecule has 0 radical (unpaired) electrons. The van der Waals surface area contributed by atoms with Crippen LogP contribution in [0.3, 0.4) is 0 Å². The standard InChI is InChI=1S/C15H20BrNO/c1-2-10-5-3-4-6-12(10)15(18)11-7-8-14(17)13(16)9-11/h7-10,12H,2-6,17H2,1H3. The van der Waals surface area contributed by atoms with E-state index in [0.717, 1.165) is 22.9 Å². The average molecular weight is 310 g/mol. The van der Waals surface area contributed by atoms with Gasteiger partial charge in [0.15, 0.2) is 5.78 Å². The largest absolute Gasteiger partial charge is 0.398 e. The summed E-state index contributed by atoms with van der Waals surface area (Å²) in [5.74, 6) is 1.06. The van der Waals surface area contributed by atoms with Gasteiger partial charge in [0, 0.05) is 21.6 Å². The van der Waals surface area contributed by atoms with Crippen LogP contribution in [-0.4, -0.2) is 5.78 Å². The molecule has 0 heterocycles. The summed E-state index contributed by atoms with van der Waals surface area (Å²) in [6, 6.07) is 5.52. The van der Waals surface area contributed by atoms with Gasteiger partial charge in [-0.2, -0.15) is 0 Å². The summed E-state index contributed by atoms with van der Waals surface area (Å²) in [6.07, 6.45) is 5.80. The van der Waals surface area contributed by atoms with Crippen LogP contribution in [0.25, 0.3) is 0 Å². The molecule has 1 aliphatic carbocycles. The molecule has 0 amide bonds. The predicted octanol–water partition coefficient (Wildman–Crippen LogP) is 4.43. The molecule has 1 fully saturated rings. The summed E-state index contributed by atoms with van der Waals surface area (Å²) in [7, 11) is 0. The van der Waals surface area contributed by atoms with E-state index >= 15 is 0 Å². The van der Waals surface area contributed by atoms with Crippen LogP contribution in [0, 0.1) is 11.8 Å². The fourth-order valence-electron chi connectivity index (χ4n) is 2.94. The third-order valence-electron chi connectivity index (χ3n) is 4.06. The minimum atomic E-state index is 0.208. The number of rotatable bonds is 3. The van der Waals surface area contributed by atoms with E-state index in [1.807, 2.05) is 12.1 Å². The van der Waals surface area contributed by atoms with Crippen molar-refractivity contribution in [2.24, 2.45) is 11.8 Å². The van der Waals surface area contributed by atoms with Gasteiger partial charge < -0.3 is 5.73 Å². The molecule has 0 aliphatic heterocycles. The maximum absolute atomic E-state index is 12.6. The van der Waals surface area contributed by atoms with E-state index in [4.69, 9.17) is 5.73 Å². The Morgan fingerprint density at radius 1 is 1.39 bits per heavy atom. The number of hydrogen-bond acceptors (Lipinski definition) is 2. The number of carbonyl (C=O) groups excluding carboxylic acids is 1. The summed E-state index contributed by atoms with van der Waals surface area (Å²) in [6.45, 7) is 2.19. The summed E-state index contributed by atoms with van der Waals surface area (Å²) in [4.78, 5) is 12.6. The highest BCUT2D eigenvalue weighted by molar-refractivity contribution is 9.10. The SMILES string of the molecule is CCC1CCCCC1C(=O)c1ccc(N)c(Br)c1. The quantitative estimate of drug-likeness (QED) is 0.663. The Labute approximate surface area is 117 Å². The van der Waals surface area contributed by atoms with Crippen LogP contribution >= 0.6 is 15.9 Å². The third-order valence-corrected chi connectivity index (χ3v) is 4.74. The van der Waals surface area contributed by atoms with Crippen LogP contribution in [0.5, 0.6) is 0 Å². The molecular formula is C15H20BrNO. The zero-order valence-corrected chi connectivity index (χ0v) is 12.4. The van der Waals surface area contributed by atoms with Gasteiger partial charge in [-0.1, -0.05) is 26.2 Å². The van der Waals surface area contributed by atoms with Crippen molar-refractivity contribution in [3.63, 3.8) is 0 Å². The molecule has 18 heavy (non-hydrogen) atoms. The van der Waals surface area contributed by atoms with Crippen molar-refractivity contribution < 1.29 is 4.79 Å². The summed E-state index contributed by atoms with van der Waals surface area (Å²) in [5.41, 5.74) is 7.24. The second kappa shape index (κ2) is 5.87. The van der Waals surface area contributed by atoms with Crippen LogP contribution in [0.4, 0.5) is 5.69 Å². The maximum Gasteiger partial charge on any atom is 0.166 e. The van der Waals surface area contributed by atoms with E-state index < -0.39 is 0 Å². The number of hydrogen-bond donors (Lipinski definition) is 1. The van der Waals surface area contributed by atoms with Crippen molar-refractivity contribution in [3.05, 3.63) is 28.2 Å². The van der Waals surface area contributed by atoms with E-state index in [9.17, 15) is 4.79 Å². The summed E-state index contributed by atoms with van der Waals surface area (Å²) in [5, 5.41) is 0. The van der Waals surface area contributed by atoms with Gasteiger partial charge in [0.05, 0.1) is 0 Å². The van der Waals surface area contributed by atoms with Gasteiger partial charge in [-0.25, -0.2) is 0 Å². The molecular weight excluding hydrogens is 290 g/mol. The number of Topliss-reactive ketones (excluding diaryl/α,β-unsaturated/α-hetero) is 1. The molecule has 2 rings (SSSR count). The molecule has 98 valence electrons. The Morgan fingerprint density at radius 2 is 2.11 bits per heavy atom. The number of nitrogens with two attached hydrogens (primary N) is 1. The second-order valence-corrected chi connectivity index (χ2v) is 6.01. The molecule has 1 aliphatic rings. The molecule has 0 aromatic heterocycles.